The minimum absolute atomic E-state index is 0.288. The van der Waals surface area contributed by atoms with Crippen molar-refractivity contribution in [1.82, 2.24) is 0 Å². The molecule has 0 aliphatic heterocycles. The molecule has 2 atom stereocenters. The SMILES string of the molecule is CCCCCCCC1C(/C=C/C(=O)[O-])C1(C)C. The van der Waals surface area contributed by atoms with Gasteiger partial charge in [-0.15, -0.1) is 0 Å². The van der Waals surface area contributed by atoms with Crippen LogP contribution in [0.1, 0.15) is 59.3 Å². The molecule has 2 nitrogen and oxygen atoms in total. The summed E-state index contributed by atoms with van der Waals surface area (Å²) in [5, 5.41) is 10.4. The van der Waals surface area contributed by atoms with E-state index >= 15 is 0 Å². The van der Waals surface area contributed by atoms with E-state index in [1.54, 1.807) is 0 Å². The number of aliphatic carboxylic acids is 1. The molecule has 0 aromatic heterocycles. The van der Waals surface area contributed by atoms with Crippen LogP contribution in [0.4, 0.5) is 0 Å². The third-order valence-corrected chi connectivity index (χ3v) is 4.20. The number of carbonyl (C=O) groups is 1. The van der Waals surface area contributed by atoms with E-state index in [9.17, 15) is 9.90 Å². The lowest BCUT2D eigenvalue weighted by Crippen LogP contribution is -2.18. The van der Waals surface area contributed by atoms with Crippen molar-refractivity contribution in [2.45, 2.75) is 59.3 Å². The lowest BCUT2D eigenvalue weighted by molar-refractivity contribution is -0.297. The van der Waals surface area contributed by atoms with Gasteiger partial charge < -0.3 is 9.90 Å². The number of hydrogen-bond acceptors (Lipinski definition) is 2. The molecule has 0 aromatic carbocycles. The molecule has 1 aliphatic rings. The molecule has 0 aromatic rings. The van der Waals surface area contributed by atoms with Crippen molar-refractivity contribution >= 4 is 5.97 Å². The molecule has 1 rings (SSSR count). The van der Waals surface area contributed by atoms with Crippen molar-refractivity contribution in [3.05, 3.63) is 12.2 Å². The summed E-state index contributed by atoms with van der Waals surface area (Å²) in [4.78, 5) is 10.4. The fraction of sp³-hybridized carbons (Fsp3) is 0.800. The number of carbonyl (C=O) groups excluding carboxylic acids is 1. The molecule has 0 amide bonds. The summed E-state index contributed by atoms with van der Waals surface area (Å²) in [5.41, 5.74) is 0.288. The van der Waals surface area contributed by atoms with Crippen LogP contribution in [0.3, 0.4) is 0 Å². The van der Waals surface area contributed by atoms with Gasteiger partial charge in [0.15, 0.2) is 0 Å². The highest BCUT2D eigenvalue weighted by Gasteiger charge is 2.54. The Kier molecular flexibility index (Phi) is 5.23. The van der Waals surface area contributed by atoms with E-state index in [1.165, 1.54) is 44.6 Å². The third-order valence-electron chi connectivity index (χ3n) is 4.20. The Balaban J connectivity index is 2.23. The highest BCUT2D eigenvalue weighted by molar-refractivity contribution is 5.77. The summed E-state index contributed by atoms with van der Waals surface area (Å²) in [6.45, 7) is 6.69. The maximum absolute atomic E-state index is 10.4. The van der Waals surface area contributed by atoms with E-state index in [0.29, 0.717) is 11.8 Å². The van der Waals surface area contributed by atoms with Gasteiger partial charge in [-0.05, 0) is 29.7 Å². The third kappa shape index (κ3) is 4.18. The summed E-state index contributed by atoms with van der Waals surface area (Å²) in [7, 11) is 0. The Morgan fingerprint density at radius 1 is 1.24 bits per heavy atom. The number of unbranched alkanes of at least 4 members (excludes halogenated alkanes) is 4. The highest BCUT2D eigenvalue weighted by atomic mass is 16.4. The molecular formula is C15H25O2-. The van der Waals surface area contributed by atoms with Crippen molar-refractivity contribution < 1.29 is 9.90 Å². The quantitative estimate of drug-likeness (QED) is 0.481. The Hall–Kier alpha value is -0.790. The van der Waals surface area contributed by atoms with Gasteiger partial charge in [-0.2, -0.15) is 0 Å². The van der Waals surface area contributed by atoms with Crippen molar-refractivity contribution in [1.29, 1.82) is 0 Å². The normalized spacial score (nSPS) is 26.3. The Morgan fingerprint density at radius 2 is 1.88 bits per heavy atom. The second-order valence-corrected chi connectivity index (χ2v) is 5.83. The first kappa shape index (κ1) is 14.3. The first-order valence-corrected chi connectivity index (χ1v) is 6.89. The molecule has 1 aliphatic carbocycles. The maximum Gasteiger partial charge on any atom is 0.0639 e. The van der Waals surface area contributed by atoms with E-state index in [1.807, 2.05) is 6.08 Å². The van der Waals surface area contributed by atoms with E-state index in [4.69, 9.17) is 0 Å². The molecule has 2 unspecified atom stereocenters. The van der Waals surface area contributed by atoms with Gasteiger partial charge in [0.25, 0.3) is 0 Å². The van der Waals surface area contributed by atoms with Crippen LogP contribution < -0.4 is 5.11 Å². The first-order chi connectivity index (χ1) is 8.00. The molecule has 1 saturated carbocycles. The number of carboxylic acid groups (broad SMARTS) is 1. The molecule has 0 heterocycles. The van der Waals surface area contributed by atoms with Crippen LogP contribution >= 0.6 is 0 Å². The summed E-state index contributed by atoms with van der Waals surface area (Å²) < 4.78 is 0. The van der Waals surface area contributed by atoms with Crippen molar-refractivity contribution in [2.24, 2.45) is 17.3 Å². The molecule has 0 bridgehead atoms. The van der Waals surface area contributed by atoms with Gasteiger partial charge in [-0.3, -0.25) is 0 Å². The van der Waals surface area contributed by atoms with E-state index in [0.717, 1.165) is 0 Å². The maximum atomic E-state index is 10.4. The van der Waals surface area contributed by atoms with Gasteiger partial charge >= 0.3 is 0 Å². The number of allylic oxidation sites excluding steroid dienone is 1. The average molecular weight is 237 g/mol. The minimum atomic E-state index is -1.07. The highest BCUT2D eigenvalue weighted by Crippen LogP contribution is 2.61. The van der Waals surface area contributed by atoms with Crippen LogP contribution in [-0.2, 0) is 4.79 Å². The molecule has 0 saturated heterocycles. The molecule has 1 fully saturated rings. The molecule has 2 heteroatoms. The lowest BCUT2D eigenvalue weighted by atomic mass is 10.0. The fourth-order valence-corrected chi connectivity index (χ4v) is 2.87. The van der Waals surface area contributed by atoms with Gasteiger partial charge in [0, 0.05) is 0 Å². The van der Waals surface area contributed by atoms with Gasteiger partial charge in [0.05, 0.1) is 5.97 Å². The number of carboxylic acids is 1. The Bertz CT molecular complexity index is 279. The Labute approximate surface area is 105 Å². The topological polar surface area (TPSA) is 40.1 Å². The van der Waals surface area contributed by atoms with Crippen LogP contribution in [0.25, 0.3) is 0 Å². The van der Waals surface area contributed by atoms with Crippen LogP contribution in [-0.4, -0.2) is 5.97 Å². The van der Waals surface area contributed by atoms with E-state index in [-0.39, 0.29) is 5.41 Å². The average Bonchev–Trinajstić information content (AvgIpc) is 2.77. The van der Waals surface area contributed by atoms with Gasteiger partial charge in [-0.25, -0.2) is 0 Å². The van der Waals surface area contributed by atoms with Gasteiger partial charge in [0.1, 0.15) is 0 Å². The zero-order valence-corrected chi connectivity index (χ0v) is 11.4. The molecule has 17 heavy (non-hydrogen) atoms. The van der Waals surface area contributed by atoms with Crippen LogP contribution in [0, 0.1) is 17.3 Å². The van der Waals surface area contributed by atoms with Gasteiger partial charge in [-0.1, -0.05) is 59.0 Å². The zero-order chi connectivity index (χ0) is 12.9. The van der Waals surface area contributed by atoms with Crippen LogP contribution in [0.2, 0.25) is 0 Å². The minimum Gasteiger partial charge on any atom is -0.545 e. The molecular weight excluding hydrogens is 212 g/mol. The van der Waals surface area contributed by atoms with Gasteiger partial charge in [0.2, 0.25) is 0 Å². The van der Waals surface area contributed by atoms with Crippen molar-refractivity contribution in [3.63, 3.8) is 0 Å². The monoisotopic (exact) mass is 237 g/mol. The predicted octanol–water partition coefficient (Wildman–Crippen LogP) is 2.93. The summed E-state index contributed by atoms with van der Waals surface area (Å²) >= 11 is 0. The lowest BCUT2D eigenvalue weighted by Gasteiger charge is -2.02. The Morgan fingerprint density at radius 3 is 2.47 bits per heavy atom. The number of hydrogen-bond donors (Lipinski definition) is 0. The largest absolute Gasteiger partial charge is 0.545 e. The summed E-state index contributed by atoms with van der Waals surface area (Å²) in [6.07, 6.45) is 10.8. The first-order valence-electron chi connectivity index (χ1n) is 6.89. The predicted molar refractivity (Wildman–Crippen MR) is 68.3 cm³/mol. The van der Waals surface area contributed by atoms with Crippen molar-refractivity contribution in [2.75, 3.05) is 0 Å². The van der Waals surface area contributed by atoms with Crippen molar-refractivity contribution in [3.8, 4) is 0 Å². The molecule has 98 valence electrons. The number of rotatable bonds is 8. The van der Waals surface area contributed by atoms with Crippen LogP contribution in [0.15, 0.2) is 12.2 Å². The van der Waals surface area contributed by atoms with Crippen LogP contribution in [0.5, 0.6) is 0 Å². The summed E-state index contributed by atoms with van der Waals surface area (Å²) in [6, 6.07) is 0. The second-order valence-electron chi connectivity index (χ2n) is 5.83. The molecule has 0 spiro atoms. The standard InChI is InChI=1S/C15H26O2/c1-4-5-6-7-8-9-12-13(15(12,2)3)10-11-14(16)17/h10-13H,4-9H2,1-3H3,(H,16,17)/p-1/b11-10+. The van der Waals surface area contributed by atoms with E-state index < -0.39 is 5.97 Å². The smallest absolute Gasteiger partial charge is 0.0639 e. The molecule has 0 radical (unpaired) electrons. The molecule has 0 N–H and O–H groups in total. The second kappa shape index (κ2) is 6.23. The fourth-order valence-electron chi connectivity index (χ4n) is 2.87. The van der Waals surface area contributed by atoms with E-state index in [2.05, 4.69) is 20.8 Å². The summed E-state index contributed by atoms with van der Waals surface area (Å²) in [5.74, 6) is 0.0284. The zero-order valence-electron chi connectivity index (χ0n) is 11.4.